The molecule has 0 N–H and O–H groups in total. The van der Waals surface area contributed by atoms with E-state index in [1.165, 1.54) is 0 Å². The van der Waals surface area contributed by atoms with Crippen LogP contribution < -0.4 is 0 Å². The van der Waals surface area contributed by atoms with Crippen molar-refractivity contribution in [2.45, 2.75) is 25.9 Å². The van der Waals surface area contributed by atoms with Crippen molar-refractivity contribution in [3.8, 4) is 0 Å². The second-order valence-electron chi connectivity index (χ2n) is 2.81. The number of hydrogen-bond donors (Lipinski definition) is 0. The lowest BCUT2D eigenvalue weighted by atomic mass is 10.1. The van der Waals surface area contributed by atoms with Gasteiger partial charge in [-0.1, -0.05) is 25.5 Å². The molecular formula is C10H12FI. The first-order chi connectivity index (χ1) is 5.74. The lowest BCUT2D eigenvalue weighted by Crippen LogP contribution is -1.90. The number of hydrogen-bond acceptors (Lipinski definition) is 0. The largest absolute Gasteiger partial charge is 0.242 e. The third kappa shape index (κ3) is 2.73. The molecule has 0 heterocycles. The average Bonchev–Trinajstić information content (AvgIpc) is 2.06. The fraction of sp³-hybridized carbons (Fsp3) is 0.400. The maximum atomic E-state index is 13.3. The van der Waals surface area contributed by atoms with Gasteiger partial charge in [-0.05, 0) is 46.7 Å². The first-order valence-corrected chi connectivity index (χ1v) is 5.21. The van der Waals surface area contributed by atoms with Crippen LogP contribution in [-0.2, 0) is 0 Å². The lowest BCUT2D eigenvalue weighted by Gasteiger charge is -2.06. The zero-order valence-electron chi connectivity index (χ0n) is 7.06. The maximum Gasteiger partial charge on any atom is 0.125 e. The highest BCUT2D eigenvalue weighted by Gasteiger charge is 2.06. The summed E-state index contributed by atoms with van der Waals surface area (Å²) in [5, 5.41) is 0. The summed E-state index contributed by atoms with van der Waals surface area (Å²) in [5.41, 5.74) is 0.803. The van der Waals surface area contributed by atoms with Gasteiger partial charge < -0.3 is 0 Å². The van der Waals surface area contributed by atoms with E-state index in [-0.39, 0.29) is 0 Å². The predicted octanol–water partition coefficient (Wildman–Crippen LogP) is 4.10. The molecule has 0 saturated heterocycles. The van der Waals surface area contributed by atoms with E-state index >= 15 is 0 Å². The molecule has 1 aromatic carbocycles. The summed E-state index contributed by atoms with van der Waals surface area (Å²) in [5.74, 6) is 0. The lowest BCUT2D eigenvalue weighted by molar-refractivity contribution is 0.321. The molecule has 0 aliphatic carbocycles. The zero-order chi connectivity index (χ0) is 8.97. The van der Waals surface area contributed by atoms with E-state index in [2.05, 4.69) is 22.6 Å². The fourth-order valence-electron chi connectivity index (χ4n) is 1.09. The molecule has 0 fully saturated rings. The molecule has 0 amide bonds. The van der Waals surface area contributed by atoms with Gasteiger partial charge in [-0.15, -0.1) is 0 Å². The van der Waals surface area contributed by atoms with Crippen molar-refractivity contribution in [1.29, 1.82) is 0 Å². The highest BCUT2D eigenvalue weighted by molar-refractivity contribution is 14.1. The van der Waals surface area contributed by atoms with Crippen molar-refractivity contribution in [1.82, 2.24) is 0 Å². The molecule has 1 rings (SSSR count). The number of benzene rings is 1. The molecule has 0 saturated carbocycles. The van der Waals surface area contributed by atoms with Crippen molar-refractivity contribution in [3.63, 3.8) is 0 Å². The van der Waals surface area contributed by atoms with Gasteiger partial charge in [0.2, 0.25) is 0 Å². The van der Waals surface area contributed by atoms with Gasteiger partial charge in [-0.25, -0.2) is 4.39 Å². The Labute approximate surface area is 86.3 Å². The van der Waals surface area contributed by atoms with Gasteiger partial charge in [0.1, 0.15) is 6.17 Å². The summed E-state index contributed by atoms with van der Waals surface area (Å²) in [7, 11) is 0. The molecule has 0 nitrogen and oxygen atoms in total. The van der Waals surface area contributed by atoms with Crippen LogP contribution in [0.3, 0.4) is 0 Å². The normalized spacial score (nSPS) is 12.9. The predicted molar refractivity (Wildman–Crippen MR) is 57.9 cm³/mol. The highest BCUT2D eigenvalue weighted by Crippen LogP contribution is 2.22. The van der Waals surface area contributed by atoms with Crippen LogP contribution in [0.15, 0.2) is 24.3 Å². The zero-order valence-corrected chi connectivity index (χ0v) is 9.21. The van der Waals surface area contributed by atoms with Crippen LogP contribution in [0.2, 0.25) is 0 Å². The molecule has 12 heavy (non-hydrogen) atoms. The molecular weight excluding hydrogens is 266 g/mol. The number of rotatable bonds is 3. The van der Waals surface area contributed by atoms with E-state index in [1.807, 2.05) is 31.2 Å². The SMILES string of the molecule is CCCC(F)c1ccc(I)cc1. The van der Waals surface area contributed by atoms with Crippen LogP contribution in [0.5, 0.6) is 0 Å². The van der Waals surface area contributed by atoms with E-state index < -0.39 is 6.17 Å². The molecule has 1 unspecified atom stereocenters. The van der Waals surface area contributed by atoms with Crippen molar-refractivity contribution in [3.05, 3.63) is 33.4 Å². The first-order valence-electron chi connectivity index (χ1n) is 4.13. The van der Waals surface area contributed by atoms with E-state index in [0.717, 1.165) is 15.6 Å². The second kappa shape index (κ2) is 4.80. The van der Waals surface area contributed by atoms with Gasteiger partial charge >= 0.3 is 0 Å². The van der Waals surface area contributed by atoms with Crippen LogP contribution in [-0.4, -0.2) is 0 Å². The van der Waals surface area contributed by atoms with E-state index in [4.69, 9.17) is 0 Å². The van der Waals surface area contributed by atoms with Gasteiger partial charge in [-0.2, -0.15) is 0 Å². The summed E-state index contributed by atoms with van der Waals surface area (Å²) < 4.78 is 14.4. The summed E-state index contributed by atoms with van der Waals surface area (Å²) in [4.78, 5) is 0. The Bertz CT molecular complexity index is 230. The quantitative estimate of drug-likeness (QED) is 0.730. The van der Waals surface area contributed by atoms with Crippen LogP contribution in [0.1, 0.15) is 31.5 Å². The molecule has 0 aromatic heterocycles. The molecule has 0 aliphatic heterocycles. The Morgan fingerprint density at radius 3 is 2.42 bits per heavy atom. The van der Waals surface area contributed by atoms with Crippen LogP contribution in [0.4, 0.5) is 4.39 Å². The van der Waals surface area contributed by atoms with E-state index in [0.29, 0.717) is 6.42 Å². The van der Waals surface area contributed by atoms with Crippen molar-refractivity contribution in [2.75, 3.05) is 0 Å². The van der Waals surface area contributed by atoms with Gasteiger partial charge in [0.05, 0.1) is 0 Å². The Balaban J connectivity index is 2.68. The van der Waals surface area contributed by atoms with E-state index in [9.17, 15) is 4.39 Å². The molecule has 2 heteroatoms. The van der Waals surface area contributed by atoms with Crippen LogP contribution in [0.25, 0.3) is 0 Å². The Morgan fingerprint density at radius 1 is 1.33 bits per heavy atom. The summed E-state index contributed by atoms with van der Waals surface area (Å²) in [6.45, 7) is 2.00. The summed E-state index contributed by atoms with van der Waals surface area (Å²) in [6.07, 6.45) is 0.736. The number of alkyl halides is 1. The smallest absolute Gasteiger partial charge is 0.125 e. The Morgan fingerprint density at radius 2 is 1.92 bits per heavy atom. The van der Waals surface area contributed by atoms with Gasteiger partial charge in [0.15, 0.2) is 0 Å². The molecule has 1 aromatic rings. The molecule has 0 aliphatic rings. The molecule has 0 radical (unpaired) electrons. The highest BCUT2D eigenvalue weighted by atomic mass is 127. The summed E-state index contributed by atoms with van der Waals surface area (Å²) >= 11 is 2.22. The van der Waals surface area contributed by atoms with Crippen molar-refractivity contribution >= 4 is 22.6 Å². The third-order valence-corrected chi connectivity index (χ3v) is 2.49. The minimum atomic E-state index is -0.785. The summed E-state index contributed by atoms with van der Waals surface area (Å²) in [6, 6.07) is 7.61. The third-order valence-electron chi connectivity index (χ3n) is 1.77. The topological polar surface area (TPSA) is 0 Å². The molecule has 66 valence electrons. The standard InChI is InChI=1S/C10H12FI/c1-2-3-10(11)8-4-6-9(12)7-5-8/h4-7,10H,2-3H2,1H3. The van der Waals surface area contributed by atoms with Crippen molar-refractivity contribution < 1.29 is 4.39 Å². The van der Waals surface area contributed by atoms with Gasteiger partial charge in [0.25, 0.3) is 0 Å². The molecule has 1 atom stereocenters. The molecule has 0 bridgehead atoms. The Hall–Kier alpha value is -0.120. The minimum Gasteiger partial charge on any atom is -0.242 e. The first kappa shape index (κ1) is 9.96. The average molecular weight is 278 g/mol. The Kier molecular flexibility index (Phi) is 3.98. The van der Waals surface area contributed by atoms with Gasteiger partial charge in [-0.3, -0.25) is 0 Å². The minimum absolute atomic E-state index is 0.626. The number of halogens is 2. The van der Waals surface area contributed by atoms with Crippen molar-refractivity contribution in [2.24, 2.45) is 0 Å². The molecule has 0 spiro atoms. The van der Waals surface area contributed by atoms with Crippen LogP contribution >= 0.6 is 22.6 Å². The maximum absolute atomic E-state index is 13.3. The van der Waals surface area contributed by atoms with E-state index in [1.54, 1.807) is 0 Å². The van der Waals surface area contributed by atoms with Gasteiger partial charge in [0, 0.05) is 3.57 Å². The monoisotopic (exact) mass is 278 g/mol. The second-order valence-corrected chi connectivity index (χ2v) is 4.05. The fourth-order valence-corrected chi connectivity index (χ4v) is 1.45. The van der Waals surface area contributed by atoms with Crippen LogP contribution in [0, 0.1) is 3.57 Å².